The highest BCUT2D eigenvalue weighted by molar-refractivity contribution is 9.10. The Bertz CT molecular complexity index is 305. The molecule has 1 N–H and O–H groups in total. The molecular weight excluding hydrogens is 232 g/mol. The zero-order valence-electron chi connectivity index (χ0n) is 7.79. The van der Waals surface area contributed by atoms with Crippen molar-refractivity contribution in [3.63, 3.8) is 0 Å². The predicted octanol–water partition coefficient (Wildman–Crippen LogP) is 1.25. The molecule has 0 spiro atoms. The average molecular weight is 245 g/mol. The van der Waals surface area contributed by atoms with E-state index < -0.39 is 0 Å². The number of halogens is 1. The van der Waals surface area contributed by atoms with Gasteiger partial charge in [0.2, 0.25) is 0 Å². The van der Waals surface area contributed by atoms with Gasteiger partial charge in [-0.05, 0) is 41.7 Å². The number of hydrogen-bond donors (Lipinski definition) is 1. The zero-order chi connectivity index (χ0) is 9.42. The predicted molar refractivity (Wildman–Crippen MR) is 53.2 cm³/mol. The third-order valence-corrected chi connectivity index (χ3v) is 2.96. The van der Waals surface area contributed by atoms with Crippen LogP contribution in [0.3, 0.4) is 0 Å². The standard InChI is InChI=1S/C8H13BrN4/c1-10-6(5-3-4-5)7-8(9)12-13(2)11-7/h5-6,10H,3-4H2,1-2H3. The van der Waals surface area contributed by atoms with Crippen LogP contribution in [-0.4, -0.2) is 22.0 Å². The number of hydrogen-bond acceptors (Lipinski definition) is 3. The first-order chi connectivity index (χ1) is 6.22. The van der Waals surface area contributed by atoms with Crippen LogP contribution in [0.4, 0.5) is 0 Å². The molecule has 2 rings (SSSR count). The summed E-state index contributed by atoms with van der Waals surface area (Å²) in [5, 5.41) is 11.8. The smallest absolute Gasteiger partial charge is 0.153 e. The average Bonchev–Trinajstić information content (AvgIpc) is 2.82. The molecule has 1 saturated carbocycles. The lowest BCUT2D eigenvalue weighted by Crippen LogP contribution is -2.19. The van der Waals surface area contributed by atoms with E-state index in [2.05, 4.69) is 31.4 Å². The Morgan fingerprint density at radius 1 is 1.54 bits per heavy atom. The minimum Gasteiger partial charge on any atom is -0.311 e. The second-order valence-corrected chi connectivity index (χ2v) is 4.22. The van der Waals surface area contributed by atoms with Crippen molar-refractivity contribution in [1.82, 2.24) is 20.3 Å². The fourth-order valence-corrected chi connectivity index (χ4v) is 2.17. The molecule has 1 unspecified atom stereocenters. The molecule has 1 atom stereocenters. The van der Waals surface area contributed by atoms with Crippen LogP contribution in [0.25, 0.3) is 0 Å². The van der Waals surface area contributed by atoms with Crippen LogP contribution in [-0.2, 0) is 7.05 Å². The van der Waals surface area contributed by atoms with E-state index in [1.807, 2.05) is 14.1 Å². The molecule has 0 amide bonds. The van der Waals surface area contributed by atoms with E-state index in [4.69, 9.17) is 0 Å². The van der Waals surface area contributed by atoms with Gasteiger partial charge in [-0.25, -0.2) is 0 Å². The Morgan fingerprint density at radius 3 is 2.62 bits per heavy atom. The summed E-state index contributed by atoms with van der Waals surface area (Å²) in [5.41, 5.74) is 1.03. The summed E-state index contributed by atoms with van der Waals surface area (Å²) in [6, 6.07) is 0.364. The molecule has 1 aromatic rings. The molecule has 0 aliphatic heterocycles. The fourth-order valence-electron chi connectivity index (χ4n) is 1.61. The molecule has 13 heavy (non-hydrogen) atoms. The normalized spacial score (nSPS) is 19.0. The number of rotatable bonds is 3. The van der Waals surface area contributed by atoms with E-state index in [9.17, 15) is 0 Å². The van der Waals surface area contributed by atoms with Crippen molar-refractivity contribution >= 4 is 15.9 Å². The van der Waals surface area contributed by atoms with Gasteiger partial charge in [0, 0.05) is 7.05 Å². The van der Waals surface area contributed by atoms with Crippen LogP contribution in [0.5, 0.6) is 0 Å². The van der Waals surface area contributed by atoms with Crippen molar-refractivity contribution in [2.75, 3.05) is 7.05 Å². The van der Waals surface area contributed by atoms with Gasteiger partial charge in [0.15, 0.2) is 4.60 Å². The maximum atomic E-state index is 4.34. The van der Waals surface area contributed by atoms with Crippen LogP contribution in [0, 0.1) is 5.92 Å². The number of nitrogens with zero attached hydrogens (tertiary/aromatic N) is 3. The van der Waals surface area contributed by atoms with Crippen molar-refractivity contribution in [3.05, 3.63) is 10.3 Å². The van der Waals surface area contributed by atoms with Gasteiger partial charge in [0.25, 0.3) is 0 Å². The first kappa shape index (κ1) is 9.15. The van der Waals surface area contributed by atoms with Crippen LogP contribution in [0.2, 0.25) is 0 Å². The van der Waals surface area contributed by atoms with Gasteiger partial charge in [-0.15, -0.1) is 5.10 Å². The van der Waals surface area contributed by atoms with Gasteiger partial charge < -0.3 is 5.32 Å². The summed E-state index contributed by atoms with van der Waals surface area (Å²) in [4.78, 5) is 1.60. The van der Waals surface area contributed by atoms with Crippen LogP contribution in [0.1, 0.15) is 24.6 Å². The van der Waals surface area contributed by atoms with Crippen molar-refractivity contribution in [1.29, 1.82) is 0 Å². The Labute approximate surface area is 85.8 Å². The number of aromatic nitrogens is 3. The van der Waals surface area contributed by atoms with E-state index in [1.165, 1.54) is 12.8 Å². The summed E-state index contributed by atoms with van der Waals surface area (Å²) in [7, 11) is 3.82. The Kier molecular flexibility index (Phi) is 2.38. The number of aryl methyl sites for hydroxylation is 1. The molecule has 0 bridgehead atoms. The molecule has 4 nitrogen and oxygen atoms in total. The molecule has 1 aromatic heterocycles. The second-order valence-electron chi connectivity index (χ2n) is 3.47. The van der Waals surface area contributed by atoms with Crippen molar-refractivity contribution in [2.45, 2.75) is 18.9 Å². The van der Waals surface area contributed by atoms with Gasteiger partial charge in [0.05, 0.1) is 6.04 Å². The fraction of sp³-hybridized carbons (Fsp3) is 0.750. The summed E-state index contributed by atoms with van der Waals surface area (Å²) in [6.45, 7) is 0. The summed E-state index contributed by atoms with van der Waals surface area (Å²) in [6.07, 6.45) is 2.60. The van der Waals surface area contributed by atoms with Crippen LogP contribution < -0.4 is 5.32 Å². The SMILES string of the molecule is CNC(c1nn(C)nc1Br)C1CC1. The lowest BCUT2D eigenvalue weighted by atomic mass is 10.1. The molecule has 0 aromatic carbocycles. The van der Waals surface area contributed by atoms with Gasteiger partial charge >= 0.3 is 0 Å². The van der Waals surface area contributed by atoms with E-state index >= 15 is 0 Å². The highest BCUT2D eigenvalue weighted by atomic mass is 79.9. The monoisotopic (exact) mass is 244 g/mol. The van der Waals surface area contributed by atoms with E-state index in [-0.39, 0.29) is 0 Å². The van der Waals surface area contributed by atoms with Crippen LogP contribution >= 0.6 is 15.9 Å². The molecule has 1 heterocycles. The molecule has 72 valence electrons. The highest BCUT2D eigenvalue weighted by Gasteiger charge is 2.34. The summed E-state index contributed by atoms with van der Waals surface area (Å²) in [5.74, 6) is 0.748. The largest absolute Gasteiger partial charge is 0.311 e. The molecule has 0 radical (unpaired) electrons. The number of nitrogens with one attached hydrogen (secondary N) is 1. The highest BCUT2D eigenvalue weighted by Crippen LogP contribution is 2.41. The first-order valence-electron chi connectivity index (χ1n) is 4.46. The minimum atomic E-state index is 0.364. The minimum absolute atomic E-state index is 0.364. The Hall–Kier alpha value is -0.420. The first-order valence-corrected chi connectivity index (χ1v) is 5.25. The molecule has 1 aliphatic rings. The van der Waals surface area contributed by atoms with Gasteiger partial charge in [0.1, 0.15) is 5.69 Å². The lowest BCUT2D eigenvalue weighted by molar-refractivity contribution is 0.504. The molecule has 5 heteroatoms. The van der Waals surface area contributed by atoms with Gasteiger partial charge in [-0.2, -0.15) is 9.90 Å². The second kappa shape index (κ2) is 3.38. The maximum absolute atomic E-state index is 4.34. The summed E-state index contributed by atoms with van der Waals surface area (Å²) < 4.78 is 0.862. The van der Waals surface area contributed by atoms with Crippen molar-refractivity contribution in [3.8, 4) is 0 Å². The molecule has 1 fully saturated rings. The van der Waals surface area contributed by atoms with E-state index in [0.717, 1.165) is 16.2 Å². The third kappa shape index (κ3) is 1.76. The summed E-state index contributed by atoms with van der Waals surface area (Å²) >= 11 is 3.42. The topological polar surface area (TPSA) is 42.7 Å². The van der Waals surface area contributed by atoms with E-state index in [0.29, 0.717) is 6.04 Å². The van der Waals surface area contributed by atoms with Crippen molar-refractivity contribution in [2.24, 2.45) is 13.0 Å². The Balaban J connectivity index is 2.25. The van der Waals surface area contributed by atoms with Gasteiger partial charge in [-0.1, -0.05) is 0 Å². The van der Waals surface area contributed by atoms with E-state index in [1.54, 1.807) is 4.80 Å². The molecule has 1 aliphatic carbocycles. The molecular formula is C8H13BrN4. The van der Waals surface area contributed by atoms with Crippen LogP contribution in [0.15, 0.2) is 4.60 Å². The third-order valence-electron chi connectivity index (χ3n) is 2.40. The molecule has 0 saturated heterocycles. The quantitative estimate of drug-likeness (QED) is 0.871. The van der Waals surface area contributed by atoms with Crippen molar-refractivity contribution < 1.29 is 0 Å². The Morgan fingerprint density at radius 2 is 2.23 bits per heavy atom. The maximum Gasteiger partial charge on any atom is 0.153 e. The van der Waals surface area contributed by atoms with Gasteiger partial charge in [-0.3, -0.25) is 0 Å². The zero-order valence-corrected chi connectivity index (χ0v) is 9.37. The lowest BCUT2D eigenvalue weighted by Gasteiger charge is -2.11.